The summed E-state index contributed by atoms with van der Waals surface area (Å²) < 4.78 is 0. The zero-order chi connectivity index (χ0) is 8.55. The maximum absolute atomic E-state index is 3.35. The van der Waals surface area contributed by atoms with Crippen molar-refractivity contribution >= 4 is 5.69 Å². The molecule has 2 heteroatoms. The lowest BCUT2D eigenvalue weighted by atomic mass is 10.2. The van der Waals surface area contributed by atoms with Crippen LogP contribution in [0.25, 0.3) is 0 Å². The van der Waals surface area contributed by atoms with Crippen LogP contribution in [0.15, 0.2) is 24.3 Å². The number of para-hydroxylation sites is 1. The molecule has 0 fully saturated rings. The Bertz CT molecular complexity index is 281. The Morgan fingerprint density at radius 3 is 2.83 bits per heavy atom. The number of anilines is 1. The number of hydrazine groups is 1. The van der Waals surface area contributed by atoms with E-state index in [0.29, 0.717) is 6.04 Å². The van der Waals surface area contributed by atoms with Crippen LogP contribution in [-0.4, -0.2) is 6.04 Å². The highest BCUT2D eigenvalue weighted by Crippen LogP contribution is 2.25. The summed E-state index contributed by atoms with van der Waals surface area (Å²) >= 11 is 0. The van der Waals surface area contributed by atoms with Crippen molar-refractivity contribution in [1.29, 1.82) is 0 Å². The highest BCUT2D eigenvalue weighted by molar-refractivity contribution is 5.56. The third-order valence-electron chi connectivity index (χ3n) is 2.21. The van der Waals surface area contributed by atoms with Gasteiger partial charge in [-0.05, 0) is 25.5 Å². The molecule has 0 saturated carbocycles. The molecule has 1 aromatic carbocycles. The highest BCUT2D eigenvalue weighted by Gasteiger charge is 2.19. The van der Waals surface area contributed by atoms with E-state index in [4.69, 9.17) is 0 Å². The largest absolute Gasteiger partial charge is 0.305 e. The van der Waals surface area contributed by atoms with Gasteiger partial charge in [-0.1, -0.05) is 18.2 Å². The molecule has 1 aromatic rings. The number of nitrogens with one attached hydrogen (secondary N) is 1. The molecule has 0 saturated heterocycles. The van der Waals surface area contributed by atoms with Gasteiger partial charge in [-0.3, -0.25) is 0 Å². The average Bonchev–Trinajstić information content (AvgIpc) is 2.47. The highest BCUT2D eigenvalue weighted by atomic mass is 15.5. The van der Waals surface area contributed by atoms with Crippen LogP contribution in [0, 0.1) is 0 Å². The monoisotopic (exact) mass is 162 g/mol. The summed E-state index contributed by atoms with van der Waals surface area (Å²) in [6.07, 6.45) is 0. The Kier molecular flexibility index (Phi) is 1.77. The minimum Gasteiger partial charge on any atom is -0.305 e. The van der Waals surface area contributed by atoms with Crippen LogP contribution in [0.5, 0.6) is 0 Å². The molecule has 12 heavy (non-hydrogen) atoms. The van der Waals surface area contributed by atoms with Gasteiger partial charge in [0.1, 0.15) is 0 Å². The summed E-state index contributed by atoms with van der Waals surface area (Å²) in [7, 11) is 0. The van der Waals surface area contributed by atoms with E-state index in [-0.39, 0.29) is 0 Å². The zero-order valence-electron chi connectivity index (χ0n) is 7.54. The first-order valence-electron chi connectivity index (χ1n) is 4.39. The molecule has 1 aliphatic heterocycles. The molecular formula is C10H14N2. The van der Waals surface area contributed by atoms with Crippen molar-refractivity contribution in [1.82, 2.24) is 5.43 Å². The lowest BCUT2D eigenvalue weighted by Gasteiger charge is -2.23. The quantitative estimate of drug-likeness (QED) is 0.678. The minimum atomic E-state index is 0.522. The van der Waals surface area contributed by atoms with Crippen LogP contribution >= 0.6 is 0 Å². The van der Waals surface area contributed by atoms with Crippen molar-refractivity contribution in [3.8, 4) is 0 Å². The SMILES string of the molecule is CC(C)N1NCc2ccccc21. The van der Waals surface area contributed by atoms with E-state index in [2.05, 4.69) is 48.5 Å². The van der Waals surface area contributed by atoms with E-state index in [9.17, 15) is 0 Å². The van der Waals surface area contributed by atoms with Crippen LogP contribution in [0.2, 0.25) is 0 Å². The Morgan fingerprint density at radius 1 is 1.33 bits per heavy atom. The van der Waals surface area contributed by atoms with Crippen molar-refractivity contribution in [3.05, 3.63) is 29.8 Å². The van der Waals surface area contributed by atoms with Crippen molar-refractivity contribution in [3.63, 3.8) is 0 Å². The minimum absolute atomic E-state index is 0.522. The summed E-state index contributed by atoms with van der Waals surface area (Å²) in [6.45, 7) is 5.35. The first-order chi connectivity index (χ1) is 5.79. The van der Waals surface area contributed by atoms with E-state index < -0.39 is 0 Å². The van der Waals surface area contributed by atoms with Gasteiger partial charge in [0.2, 0.25) is 0 Å². The molecule has 1 heterocycles. The number of nitrogens with zero attached hydrogens (tertiary/aromatic N) is 1. The first-order valence-corrected chi connectivity index (χ1v) is 4.39. The number of hydrogen-bond donors (Lipinski definition) is 1. The molecule has 0 radical (unpaired) electrons. The molecule has 64 valence electrons. The van der Waals surface area contributed by atoms with E-state index in [0.717, 1.165) is 6.54 Å². The summed E-state index contributed by atoms with van der Waals surface area (Å²) in [6, 6.07) is 9.03. The maximum atomic E-state index is 3.35. The molecule has 1 aliphatic rings. The fourth-order valence-corrected chi connectivity index (χ4v) is 1.61. The Labute approximate surface area is 73.2 Å². The molecule has 0 amide bonds. The number of hydrogen-bond acceptors (Lipinski definition) is 2. The van der Waals surface area contributed by atoms with Gasteiger partial charge in [-0.25, -0.2) is 5.43 Å². The molecule has 0 bridgehead atoms. The van der Waals surface area contributed by atoms with Crippen LogP contribution in [0.1, 0.15) is 19.4 Å². The van der Waals surface area contributed by atoms with Crippen LogP contribution < -0.4 is 10.4 Å². The van der Waals surface area contributed by atoms with Gasteiger partial charge in [0.25, 0.3) is 0 Å². The molecule has 0 unspecified atom stereocenters. The standard InChI is InChI=1S/C10H14N2/c1-8(2)12-10-6-4-3-5-9(10)7-11-12/h3-6,8,11H,7H2,1-2H3. The molecule has 2 nitrogen and oxygen atoms in total. The van der Waals surface area contributed by atoms with Crippen molar-refractivity contribution < 1.29 is 0 Å². The molecule has 0 aromatic heterocycles. The second-order valence-electron chi connectivity index (χ2n) is 3.43. The van der Waals surface area contributed by atoms with Gasteiger partial charge in [0.15, 0.2) is 0 Å². The van der Waals surface area contributed by atoms with Crippen LogP contribution in [0.3, 0.4) is 0 Å². The Morgan fingerprint density at radius 2 is 2.08 bits per heavy atom. The normalized spacial score (nSPS) is 15.4. The molecule has 0 aliphatic carbocycles. The zero-order valence-corrected chi connectivity index (χ0v) is 7.54. The number of fused-ring (bicyclic) bond motifs is 1. The molecule has 0 atom stereocenters. The Balaban J connectivity index is 2.36. The fourth-order valence-electron chi connectivity index (χ4n) is 1.61. The second-order valence-corrected chi connectivity index (χ2v) is 3.43. The van der Waals surface area contributed by atoms with Gasteiger partial charge >= 0.3 is 0 Å². The maximum Gasteiger partial charge on any atom is 0.0568 e. The smallest absolute Gasteiger partial charge is 0.0568 e. The predicted molar refractivity (Wildman–Crippen MR) is 50.9 cm³/mol. The van der Waals surface area contributed by atoms with E-state index in [1.807, 2.05) is 0 Å². The third-order valence-corrected chi connectivity index (χ3v) is 2.21. The van der Waals surface area contributed by atoms with E-state index in [1.54, 1.807) is 0 Å². The first kappa shape index (κ1) is 7.62. The number of benzene rings is 1. The van der Waals surface area contributed by atoms with Gasteiger partial charge in [0, 0.05) is 12.6 Å². The third kappa shape index (κ3) is 1.08. The van der Waals surface area contributed by atoms with E-state index in [1.165, 1.54) is 11.3 Å². The predicted octanol–water partition coefficient (Wildman–Crippen LogP) is 1.92. The van der Waals surface area contributed by atoms with Crippen molar-refractivity contribution in [2.75, 3.05) is 5.01 Å². The van der Waals surface area contributed by atoms with Crippen molar-refractivity contribution in [2.24, 2.45) is 0 Å². The van der Waals surface area contributed by atoms with E-state index >= 15 is 0 Å². The second kappa shape index (κ2) is 2.79. The van der Waals surface area contributed by atoms with Crippen molar-refractivity contribution in [2.45, 2.75) is 26.4 Å². The topological polar surface area (TPSA) is 15.3 Å². The number of rotatable bonds is 1. The Hall–Kier alpha value is -1.02. The molecule has 2 rings (SSSR count). The van der Waals surface area contributed by atoms with Crippen LogP contribution in [0.4, 0.5) is 5.69 Å². The van der Waals surface area contributed by atoms with Gasteiger partial charge < -0.3 is 5.01 Å². The summed E-state index contributed by atoms with van der Waals surface area (Å²) in [5.41, 5.74) is 6.08. The van der Waals surface area contributed by atoms with Gasteiger partial charge in [0.05, 0.1) is 5.69 Å². The van der Waals surface area contributed by atoms with Gasteiger partial charge in [-0.15, -0.1) is 0 Å². The fraction of sp³-hybridized carbons (Fsp3) is 0.400. The summed E-state index contributed by atoms with van der Waals surface area (Å²) in [5.74, 6) is 0. The van der Waals surface area contributed by atoms with Gasteiger partial charge in [-0.2, -0.15) is 0 Å². The molecule has 1 N–H and O–H groups in total. The molecule has 0 spiro atoms. The summed E-state index contributed by atoms with van der Waals surface area (Å²) in [5, 5.41) is 2.22. The summed E-state index contributed by atoms with van der Waals surface area (Å²) in [4.78, 5) is 0. The average molecular weight is 162 g/mol. The van der Waals surface area contributed by atoms with Crippen LogP contribution in [-0.2, 0) is 6.54 Å². The molecular weight excluding hydrogens is 148 g/mol. The lowest BCUT2D eigenvalue weighted by Crippen LogP contribution is -2.37. The lowest BCUT2D eigenvalue weighted by molar-refractivity contribution is 0.597.